The minimum absolute atomic E-state index is 0.138. The van der Waals surface area contributed by atoms with E-state index in [4.69, 9.17) is 16.3 Å². The van der Waals surface area contributed by atoms with Gasteiger partial charge in [0.25, 0.3) is 0 Å². The van der Waals surface area contributed by atoms with Crippen molar-refractivity contribution in [1.29, 1.82) is 0 Å². The summed E-state index contributed by atoms with van der Waals surface area (Å²) in [6.07, 6.45) is 0. The van der Waals surface area contributed by atoms with E-state index in [9.17, 15) is 14.4 Å². The summed E-state index contributed by atoms with van der Waals surface area (Å²) >= 11 is 5.84. The number of hydrogen-bond donors (Lipinski definition) is 1. The number of aromatic amines is 1. The zero-order valence-corrected chi connectivity index (χ0v) is 16.8. The molecule has 0 saturated carbocycles. The lowest BCUT2D eigenvalue weighted by Gasteiger charge is -2.04. The summed E-state index contributed by atoms with van der Waals surface area (Å²) in [7, 11) is 0. The maximum absolute atomic E-state index is 12.3. The third-order valence-corrected chi connectivity index (χ3v) is 4.51. The van der Waals surface area contributed by atoms with Crippen LogP contribution in [-0.2, 0) is 16.1 Å². The summed E-state index contributed by atoms with van der Waals surface area (Å²) in [4.78, 5) is 40.0. The lowest BCUT2D eigenvalue weighted by molar-refractivity contribution is -0.143. The Morgan fingerprint density at radius 1 is 1.17 bits per heavy atom. The minimum atomic E-state index is -0.689. The molecule has 0 aliphatic heterocycles. The fourth-order valence-corrected chi connectivity index (χ4v) is 3.09. The van der Waals surface area contributed by atoms with Crippen molar-refractivity contribution in [2.45, 2.75) is 27.3 Å². The molecule has 150 valence electrons. The van der Waals surface area contributed by atoms with Crippen LogP contribution in [0.3, 0.4) is 0 Å². The number of tetrazole rings is 1. The van der Waals surface area contributed by atoms with Gasteiger partial charge in [0.2, 0.25) is 11.6 Å². The lowest BCUT2D eigenvalue weighted by atomic mass is 10.1. The maximum Gasteiger partial charge on any atom is 0.330 e. The number of carbonyl (C=O) groups excluding carboxylic acids is 3. The number of H-pyrrole nitrogens is 1. The van der Waals surface area contributed by atoms with Crippen LogP contribution in [-0.4, -0.2) is 49.3 Å². The number of ketones is 2. The number of carbonyl (C=O) groups is 3. The van der Waals surface area contributed by atoms with Crippen LogP contribution in [0.5, 0.6) is 0 Å². The second-order valence-corrected chi connectivity index (χ2v) is 6.85. The standard InChI is InChI=1S/C19H18ClN5O4/c1-10-17(12(3)26)11(2)21-18(10)15(27)9-29-16(28)8-25-23-19(22-24-25)13-4-6-14(20)7-5-13/h4-7,21H,8-9H2,1-3H3. The number of nitrogens with one attached hydrogen (secondary N) is 1. The fraction of sp³-hybridized carbons (Fsp3) is 0.263. The Balaban J connectivity index is 1.59. The molecule has 3 rings (SSSR count). The third kappa shape index (κ3) is 4.57. The van der Waals surface area contributed by atoms with Crippen molar-refractivity contribution in [2.24, 2.45) is 0 Å². The highest BCUT2D eigenvalue weighted by atomic mass is 35.5. The van der Waals surface area contributed by atoms with Gasteiger partial charge in [0.1, 0.15) is 0 Å². The van der Waals surface area contributed by atoms with Gasteiger partial charge in [-0.3, -0.25) is 9.59 Å². The molecule has 0 aliphatic carbocycles. The predicted octanol–water partition coefficient (Wildman–Crippen LogP) is 2.57. The molecule has 2 heterocycles. The van der Waals surface area contributed by atoms with Crippen LogP contribution in [0.1, 0.15) is 39.0 Å². The number of halogens is 1. The number of ether oxygens (including phenoxy) is 1. The average molecular weight is 416 g/mol. The average Bonchev–Trinajstić information content (AvgIpc) is 3.24. The number of nitrogens with zero attached hydrogens (tertiary/aromatic N) is 4. The van der Waals surface area contributed by atoms with Gasteiger partial charge in [-0.15, -0.1) is 10.2 Å². The highest BCUT2D eigenvalue weighted by Gasteiger charge is 2.21. The molecular formula is C19H18ClN5O4. The van der Waals surface area contributed by atoms with Crippen molar-refractivity contribution in [3.05, 3.63) is 51.8 Å². The fourth-order valence-electron chi connectivity index (χ4n) is 2.96. The number of aromatic nitrogens is 5. The molecule has 1 N–H and O–H groups in total. The summed E-state index contributed by atoms with van der Waals surface area (Å²) in [5.74, 6) is -0.924. The molecule has 0 atom stereocenters. The monoisotopic (exact) mass is 415 g/mol. The second-order valence-electron chi connectivity index (χ2n) is 6.42. The first-order valence-electron chi connectivity index (χ1n) is 8.69. The number of Topliss-reactive ketones (excluding diaryl/α,β-unsaturated/α-hetero) is 2. The van der Waals surface area contributed by atoms with Crippen LogP contribution in [0.4, 0.5) is 0 Å². The summed E-state index contributed by atoms with van der Waals surface area (Å²) in [6, 6.07) is 6.85. The normalized spacial score (nSPS) is 10.8. The van der Waals surface area contributed by atoms with Crippen LogP contribution in [0, 0.1) is 13.8 Å². The van der Waals surface area contributed by atoms with Crippen molar-refractivity contribution in [2.75, 3.05) is 6.61 Å². The number of benzene rings is 1. The van der Waals surface area contributed by atoms with Gasteiger partial charge in [0, 0.05) is 21.8 Å². The molecule has 0 radical (unpaired) electrons. The smallest absolute Gasteiger partial charge is 0.330 e. The van der Waals surface area contributed by atoms with Crippen molar-refractivity contribution < 1.29 is 19.1 Å². The Morgan fingerprint density at radius 3 is 2.48 bits per heavy atom. The summed E-state index contributed by atoms with van der Waals surface area (Å²) in [5, 5.41) is 12.4. The van der Waals surface area contributed by atoms with E-state index in [1.54, 1.807) is 38.1 Å². The van der Waals surface area contributed by atoms with Gasteiger partial charge < -0.3 is 9.72 Å². The van der Waals surface area contributed by atoms with Crippen molar-refractivity contribution in [3.63, 3.8) is 0 Å². The molecule has 2 aromatic heterocycles. The summed E-state index contributed by atoms with van der Waals surface area (Å²) in [5.41, 5.74) is 2.57. The number of aryl methyl sites for hydroxylation is 1. The summed E-state index contributed by atoms with van der Waals surface area (Å²) < 4.78 is 5.02. The predicted molar refractivity (Wildman–Crippen MR) is 104 cm³/mol. The van der Waals surface area contributed by atoms with Gasteiger partial charge in [-0.1, -0.05) is 11.6 Å². The molecule has 9 nitrogen and oxygen atoms in total. The highest BCUT2D eigenvalue weighted by molar-refractivity contribution is 6.30. The van der Waals surface area contributed by atoms with E-state index >= 15 is 0 Å². The van der Waals surface area contributed by atoms with Gasteiger partial charge in [-0.2, -0.15) is 4.80 Å². The minimum Gasteiger partial charge on any atom is -0.456 e. The van der Waals surface area contributed by atoms with E-state index in [1.165, 1.54) is 6.92 Å². The molecule has 0 unspecified atom stereocenters. The lowest BCUT2D eigenvalue weighted by Crippen LogP contribution is -2.20. The molecule has 0 amide bonds. The second kappa shape index (κ2) is 8.36. The van der Waals surface area contributed by atoms with E-state index < -0.39 is 18.4 Å². The topological polar surface area (TPSA) is 120 Å². The molecule has 0 spiro atoms. The molecule has 1 aromatic carbocycles. The van der Waals surface area contributed by atoms with E-state index in [0.29, 0.717) is 33.2 Å². The molecular weight excluding hydrogens is 398 g/mol. The summed E-state index contributed by atoms with van der Waals surface area (Å²) in [6.45, 7) is 4.06. The Kier molecular flexibility index (Phi) is 5.88. The highest BCUT2D eigenvalue weighted by Crippen LogP contribution is 2.19. The molecule has 0 saturated heterocycles. The first-order chi connectivity index (χ1) is 13.8. The number of rotatable bonds is 7. The molecule has 10 heteroatoms. The number of hydrogen-bond acceptors (Lipinski definition) is 7. The Bertz CT molecular complexity index is 1080. The van der Waals surface area contributed by atoms with Gasteiger partial charge in [-0.25, -0.2) is 4.79 Å². The zero-order valence-electron chi connectivity index (χ0n) is 16.0. The first-order valence-corrected chi connectivity index (χ1v) is 9.06. The van der Waals surface area contributed by atoms with Crippen LogP contribution >= 0.6 is 11.6 Å². The molecule has 0 fully saturated rings. The van der Waals surface area contributed by atoms with Gasteiger partial charge in [-0.05, 0) is 55.8 Å². The van der Waals surface area contributed by atoms with Crippen molar-refractivity contribution in [3.8, 4) is 11.4 Å². The Labute approximate surface area is 171 Å². The van der Waals surface area contributed by atoms with Crippen LogP contribution in [0.2, 0.25) is 5.02 Å². The molecule has 3 aromatic rings. The van der Waals surface area contributed by atoms with Crippen LogP contribution in [0.15, 0.2) is 24.3 Å². The van der Waals surface area contributed by atoms with Gasteiger partial charge >= 0.3 is 5.97 Å². The Hall–Kier alpha value is -3.33. The van der Waals surface area contributed by atoms with E-state index in [-0.39, 0.29) is 18.0 Å². The molecule has 0 aliphatic rings. The first kappa shape index (κ1) is 20.4. The largest absolute Gasteiger partial charge is 0.456 e. The van der Waals surface area contributed by atoms with Gasteiger partial charge in [0.05, 0.1) is 5.69 Å². The van der Waals surface area contributed by atoms with Gasteiger partial charge in [0.15, 0.2) is 18.9 Å². The number of esters is 1. The third-order valence-electron chi connectivity index (χ3n) is 4.26. The van der Waals surface area contributed by atoms with Crippen molar-refractivity contribution in [1.82, 2.24) is 25.2 Å². The van der Waals surface area contributed by atoms with E-state index in [1.807, 2.05) is 0 Å². The Morgan fingerprint density at radius 2 is 1.86 bits per heavy atom. The SMILES string of the molecule is CC(=O)c1c(C)[nH]c(C(=O)COC(=O)Cn2nnc(-c3ccc(Cl)cc3)n2)c1C. The van der Waals surface area contributed by atoms with E-state index in [2.05, 4.69) is 20.4 Å². The van der Waals surface area contributed by atoms with E-state index in [0.717, 1.165) is 4.80 Å². The maximum atomic E-state index is 12.3. The quantitative estimate of drug-likeness (QED) is 0.465. The molecule has 29 heavy (non-hydrogen) atoms. The zero-order chi connectivity index (χ0) is 21.1. The van der Waals surface area contributed by atoms with Crippen molar-refractivity contribution >= 4 is 29.1 Å². The van der Waals surface area contributed by atoms with Crippen LogP contribution < -0.4 is 0 Å². The molecule has 0 bridgehead atoms. The van der Waals surface area contributed by atoms with Crippen LogP contribution in [0.25, 0.3) is 11.4 Å².